The van der Waals surface area contributed by atoms with Crippen molar-refractivity contribution in [3.05, 3.63) is 20.3 Å². The molecule has 5 nitrogen and oxygen atoms in total. The molecule has 0 bridgehead atoms. The van der Waals surface area contributed by atoms with Crippen molar-refractivity contribution in [2.75, 3.05) is 13.1 Å². The highest BCUT2D eigenvalue weighted by Gasteiger charge is 2.22. The molecule has 1 heterocycles. The Hall–Kier alpha value is -0.980. The van der Waals surface area contributed by atoms with Crippen LogP contribution in [0, 0.1) is 5.92 Å². The minimum atomic E-state index is -0.248. The van der Waals surface area contributed by atoms with Crippen molar-refractivity contribution in [3.63, 3.8) is 0 Å². The molecule has 0 radical (unpaired) electrons. The van der Waals surface area contributed by atoms with Crippen LogP contribution in [0.2, 0.25) is 8.67 Å². The van der Waals surface area contributed by atoms with Gasteiger partial charge >= 0.3 is 0 Å². The van der Waals surface area contributed by atoms with E-state index in [0.29, 0.717) is 27.3 Å². The average molecular weight is 324 g/mol. The molecule has 0 aliphatic heterocycles. The van der Waals surface area contributed by atoms with E-state index in [2.05, 4.69) is 5.16 Å². The van der Waals surface area contributed by atoms with E-state index in [1.54, 1.807) is 17.9 Å². The van der Waals surface area contributed by atoms with Crippen molar-refractivity contribution in [2.45, 2.75) is 13.8 Å². The van der Waals surface area contributed by atoms with Crippen LogP contribution in [0.15, 0.2) is 11.2 Å². The number of rotatable bonds is 5. The third-order valence-electron chi connectivity index (χ3n) is 2.67. The molecule has 1 unspecified atom stereocenters. The number of carbonyl (C=O) groups excluding carboxylic acids is 1. The number of nitrogens with two attached hydrogens (primary N) is 1. The molecule has 1 aromatic rings. The molecule has 0 aliphatic carbocycles. The van der Waals surface area contributed by atoms with Gasteiger partial charge in [0.2, 0.25) is 0 Å². The zero-order valence-electron chi connectivity index (χ0n) is 10.6. The highest BCUT2D eigenvalue weighted by molar-refractivity contribution is 7.20. The fraction of sp³-hybridized carbons (Fsp3) is 0.455. The monoisotopic (exact) mass is 323 g/mol. The van der Waals surface area contributed by atoms with Gasteiger partial charge in [-0.2, -0.15) is 0 Å². The minimum Gasteiger partial charge on any atom is -0.409 e. The number of nitrogens with zero attached hydrogens (tertiary/aromatic N) is 2. The summed E-state index contributed by atoms with van der Waals surface area (Å²) in [6.07, 6.45) is 0. The van der Waals surface area contributed by atoms with Gasteiger partial charge in [0.15, 0.2) is 0 Å². The minimum absolute atomic E-state index is 0.0840. The van der Waals surface area contributed by atoms with Gasteiger partial charge in [-0.3, -0.25) is 4.79 Å². The van der Waals surface area contributed by atoms with Crippen LogP contribution < -0.4 is 5.73 Å². The lowest BCUT2D eigenvalue weighted by Crippen LogP contribution is -2.38. The van der Waals surface area contributed by atoms with Gasteiger partial charge in [0.05, 0.1) is 9.90 Å². The Morgan fingerprint density at radius 3 is 2.68 bits per heavy atom. The first-order chi connectivity index (χ1) is 8.90. The summed E-state index contributed by atoms with van der Waals surface area (Å²) in [7, 11) is 0. The Balaban J connectivity index is 2.86. The van der Waals surface area contributed by atoms with Gasteiger partial charge < -0.3 is 15.8 Å². The van der Waals surface area contributed by atoms with Crippen LogP contribution in [-0.2, 0) is 0 Å². The lowest BCUT2D eigenvalue weighted by Gasteiger charge is -2.23. The summed E-state index contributed by atoms with van der Waals surface area (Å²) in [5.74, 6) is -0.379. The van der Waals surface area contributed by atoms with Crippen LogP contribution in [0.4, 0.5) is 0 Å². The van der Waals surface area contributed by atoms with Crippen molar-refractivity contribution in [3.8, 4) is 0 Å². The van der Waals surface area contributed by atoms with E-state index in [0.717, 1.165) is 11.3 Å². The first kappa shape index (κ1) is 16.1. The van der Waals surface area contributed by atoms with Crippen LogP contribution in [0.1, 0.15) is 24.2 Å². The summed E-state index contributed by atoms with van der Waals surface area (Å²) >= 11 is 12.9. The van der Waals surface area contributed by atoms with E-state index < -0.39 is 0 Å². The van der Waals surface area contributed by atoms with Gasteiger partial charge in [-0.15, -0.1) is 11.3 Å². The number of hydrogen-bond acceptors (Lipinski definition) is 4. The maximum absolute atomic E-state index is 12.3. The molecule has 0 saturated carbocycles. The molecule has 106 valence electrons. The zero-order valence-corrected chi connectivity index (χ0v) is 12.9. The molecule has 19 heavy (non-hydrogen) atoms. The van der Waals surface area contributed by atoms with E-state index in [-0.39, 0.29) is 17.7 Å². The molecule has 1 aromatic heterocycles. The van der Waals surface area contributed by atoms with Crippen LogP contribution >= 0.6 is 34.5 Å². The van der Waals surface area contributed by atoms with Crippen LogP contribution in [0.5, 0.6) is 0 Å². The van der Waals surface area contributed by atoms with Gasteiger partial charge in [-0.25, -0.2) is 0 Å². The molecule has 0 saturated heterocycles. The molecule has 0 fully saturated rings. The second-order valence-electron chi connectivity index (χ2n) is 4.01. The van der Waals surface area contributed by atoms with Gasteiger partial charge in [0, 0.05) is 19.0 Å². The lowest BCUT2D eigenvalue weighted by atomic mass is 10.1. The summed E-state index contributed by atoms with van der Waals surface area (Å²) in [5, 5.41) is 11.6. The number of amidine groups is 1. The number of oxime groups is 1. The van der Waals surface area contributed by atoms with E-state index in [1.807, 2.05) is 6.92 Å². The topological polar surface area (TPSA) is 78.9 Å². The van der Waals surface area contributed by atoms with Crippen molar-refractivity contribution in [2.24, 2.45) is 16.8 Å². The van der Waals surface area contributed by atoms with E-state index >= 15 is 0 Å². The third-order valence-corrected chi connectivity index (χ3v) is 4.16. The Kier molecular flexibility index (Phi) is 5.90. The number of amides is 1. The number of hydrogen-bond donors (Lipinski definition) is 2. The highest BCUT2D eigenvalue weighted by atomic mass is 35.5. The molecular weight excluding hydrogens is 309 g/mol. The van der Waals surface area contributed by atoms with Crippen molar-refractivity contribution in [1.82, 2.24) is 4.90 Å². The second kappa shape index (κ2) is 6.98. The summed E-state index contributed by atoms with van der Waals surface area (Å²) < 4.78 is 0.832. The maximum atomic E-state index is 12.3. The largest absolute Gasteiger partial charge is 0.409 e. The van der Waals surface area contributed by atoms with Gasteiger partial charge in [0.25, 0.3) is 5.91 Å². The summed E-state index contributed by atoms with van der Waals surface area (Å²) in [5.41, 5.74) is 5.89. The Morgan fingerprint density at radius 1 is 1.63 bits per heavy atom. The van der Waals surface area contributed by atoms with Crippen molar-refractivity contribution < 1.29 is 10.0 Å². The Bertz CT molecular complexity index is 490. The summed E-state index contributed by atoms with van der Waals surface area (Å²) in [6.45, 7) is 4.45. The molecule has 0 aliphatic rings. The quantitative estimate of drug-likeness (QED) is 0.378. The highest BCUT2D eigenvalue weighted by Crippen LogP contribution is 2.32. The first-order valence-corrected chi connectivity index (χ1v) is 7.19. The van der Waals surface area contributed by atoms with Crippen LogP contribution in [-0.4, -0.2) is 34.9 Å². The van der Waals surface area contributed by atoms with E-state index in [9.17, 15) is 4.79 Å². The average Bonchev–Trinajstić information content (AvgIpc) is 2.72. The number of carbonyl (C=O) groups is 1. The molecule has 1 rings (SSSR count). The number of halogens is 2. The van der Waals surface area contributed by atoms with Gasteiger partial charge in [-0.05, 0) is 13.0 Å². The number of thiophene rings is 1. The fourth-order valence-electron chi connectivity index (χ4n) is 1.53. The van der Waals surface area contributed by atoms with Gasteiger partial charge in [0.1, 0.15) is 10.2 Å². The molecule has 0 aromatic carbocycles. The Morgan fingerprint density at radius 2 is 2.26 bits per heavy atom. The Labute approximate surface area is 125 Å². The molecule has 1 amide bonds. The zero-order chi connectivity index (χ0) is 14.6. The molecule has 1 atom stereocenters. The fourth-order valence-corrected chi connectivity index (χ4v) is 2.98. The molecular formula is C11H15Cl2N3O2S. The summed E-state index contributed by atoms with van der Waals surface area (Å²) in [4.78, 5) is 13.9. The van der Waals surface area contributed by atoms with Crippen molar-refractivity contribution >= 4 is 46.3 Å². The van der Waals surface area contributed by atoms with Crippen LogP contribution in [0.3, 0.4) is 0 Å². The SMILES string of the molecule is CCN(CC(C)/C(N)=N/O)C(=O)c1cc(Cl)sc1Cl. The van der Waals surface area contributed by atoms with Crippen molar-refractivity contribution in [1.29, 1.82) is 0 Å². The van der Waals surface area contributed by atoms with E-state index in [1.165, 1.54) is 0 Å². The lowest BCUT2D eigenvalue weighted by molar-refractivity contribution is 0.0754. The standard InChI is InChI=1S/C11H15Cl2N3O2S/c1-3-16(5-6(2)10(14)15-18)11(17)7-4-8(12)19-9(7)13/h4,6,18H,3,5H2,1-2H3,(H2,14,15). The third kappa shape index (κ3) is 3.99. The van der Waals surface area contributed by atoms with Gasteiger partial charge in [-0.1, -0.05) is 35.3 Å². The first-order valence-electron chi connectivity index (χ1n) is 5.62. The molecule has 8 heteroatoms. The smallest absolute Gasteiger partial charge is 0.256 e. The predicted octanol–water partition coefficient (Wildman–Crippen LogP) is 2.90. The molecule has 3 N–H and O–H groups in total. The normalized spacial score (nSPS) is 13.4. The predicted molar refractivity (Wildman–Crippen MR) is 78.5 cm³/mol. The van der Waals surface area contributed by atoms with Crippen LogP contribution in [0.25, 0.3) is 0 Å². The molecule has 0 spiro atoms. The van der Waals surface area contributed by atoms with E-state index in [4.69, 9.17) is 34.1 Å². The summed E-state index contributed by atoms with van der Waals surface area (Å²) in [6, 6.07) is 1.55. The second-order valence-corrected chi connectivity index (χ2v) is 6.29. The maximum Gasteiger partial charge on any atom is 0.256 e.